The number of aromatic nitrogens is 1. The van der Waals surface area contributed by atoms with Gasteiger partial charge in [0.1, 0.15) is 4.60 Å². The highest BCUT2D eigenvalue weighted by molar-refractivity contribution is 9.10. The lowest BCUT2D eigenvalue weighted by molar-refractivity contribution is 1.31. The van der Waals surface area contributed by atoms with Gasteiger partial charge in [-0.25, -0.2) is 4.98 Å². The number of nitrogens with zero attached hydrogens (tertiary/aromatic N) is 1. The van der Waals surface area contributed by atoms with E-state index >= 15 is 0 Å². The molecule has 0 spiro atoms. The number of hydrogen-bond donors (Lipinski definition) is 0. The van der Waals surface area contributed by atoms with E-state index in [0.717, 1.165) is 15.9 Å². The van der Waals surface area contributed by atoms with Gasteiger partial charge in [0.05, 0.1) is 5.69 Å². The Morgan fingerprint density at radius 1 is 0.824 bits per heavy atom. The van der Waals surface area contributed by atoms with Crippen molar-refractivity contribution in [2.45, 2.75) is 0 Å². The maximum absolute atomic E-state index is 4.59. The highest BCUT2D eigenvalue weighted by Gasteiger charge is 2.06. The monoisotopic (exact) mass is 283 g/mol. The van der Waals surface area contributed by atoms with Gasteiger partial charge in [-0.05, 0) is 27.4 Å². The molecule has 1 nitrogen and oxygen atoms in total. The van der Waals surface area contributed by atoms with Gasteiger partial charge in [0.2, 0.25) is 0 Å². The molecule has 0 saturated heterocycles. The molecule has 0 N–H and O–H groups in total. The van der Waals surface area contributed by atoms with Crippen molar-refractivity contribution in [2.75, 3.05) is 0 Å². The molecule has 0 aliphatic rings. The molecular formula is C15H10BrN. The van der Waals surface area contributed by atoms with E-state index in [1.807, 2.05) is 36.4 Å². The predicted molar refractivity (Wildman–Crippen MR) is 74.9 cm³/mol. The van der Waals surface area contributed by atoms with E-state index < -0.39 is 0 Å². The molecule has 0 fully saturated rings. The van der Waals surface area contributed by atoms with Crippen molar-refractivity contribution >= 4 is 26.7 Å². The van der Waals surface area contributed by atoms with Crippen molar-refractivity contribution in [1.29, 1.82) is 0 Å². The number of pyridine rings is 1. The minimum atomic E-state index is 0.870. The Balaban J connectivity index is 2.36. The van der Waals surface area contributed by atoms with Crippen LogP contribution < -0.4 is 0 Å². The number of benzene rings is 2. The van der Waals surface area contributed by atoms with Gasteiger partial charge < -0.3 is 0 Å². The standard InChI is InChI=1S/C15H10BrN/c16-14-10-12-8-4-5-9-13(12)15(17-14)11-6-2-1-3-7-11/h1-10H. The summed E-state index contributed by atoms with van der Waals surface area (Å²) in [6.45, 7) is 0. The smallest absolute Gasteiger partial charge is 0.107 e. The Morgan fingerprint density at radius 3 is 2.35 bits per heavy atom. The summed E-state index contributed by atoms with van der Waals surface area (Å²) in [7, 11) is 0. The fraction of sp³-hybridized carbons (Fsp3) is 0. The lowest BCUT2D eigenvalue weighted by Crippen LogP contribution is -1.87. The molecule has 0 amide bonds. The Morgan fingerprint density at radius 2 is 1.53 bits per heavy atom. The quantitative estimate of drug-likeness (QED) is 0.592. The van der Waals surface area contributed by atoms with Crippen LogP contribution in [0.1, 0.15) is 0 Å². The summed E-state index contributed by atoms with van der Waals surface area (Å²) in [4.78, 5) is 4.59. The van der Waals surface area contributed by atoms with Crippen LogP contribution in [-0.4, -0.2) is 4.98 Å². The molecule has 3 rings (SSSR count). The number of hydrogen-bond acceptors (Lipinski definition) is 1. The minimum Gasteiger partial charge on any atom is -0.240 e. The van der Waals surface area contributed by atoms with E-state index in [4.69, 9.17) is 0 Å². The molecule has 2 heteroatoms. The third kappa shape index (κ3) is 1.96. The average molecular weight is 284 g/mol. The number of rotatable bonds is 1. The molecule has 0 aliphatic carbocycles. The Kier molecular flexibility index (Phi) is 2.65. The van der Waals surface area contributed by atoms with Crippen LogP contribution in [0, 0.1) is 0 Å². The van der Waals surface area contributed by atoms with E-state index in [1.165, 1.54) is 10.8 Å². The summed E-state index contributed by atoms with van der Waals surface area (Å²) in [5.41, 5.74) is 2.17. The highest BCUT2D eigenvalue weighted by atomic mass is 79.9. The van der Waals surface area contributed by atoms with Crippen LogP contribution in [0.3, 0.4) is 0 Å². The van der Waals surface area contributed by atoms with Gasteiger partial charge in [-0.2, -0.15) is 0 Å². The summed E-state index contributed by atoms with van der Waals surface area (Å²) in [5.74, 6) is 0. The molecule has 0 aliphatic heterocycles. The Hall–Kier alpha value is -1.67. The van der Waals surface area contributed by atoms with Crippen LogP contribution in [0.25, 0.3) is 22.0 Å². The van der Waals surface area contributed by atoms with Crippen molar-refractivity contribution in [1.82, 2.24) is 4.98 Å². The lowest BCUT2D eigenvalue weighted by atomic mass is 10.0. The van der Waals surface area contributed by atoms with Crippen molar-refractivity contribution in [2.24, 2.45) is 0 Å². The summed E-state index contributed by atoms with van der Waals surface area (Å²) < 4.78 is 0.870. The minimum absolute atomic E-state index is 0.870. The van der Waals surface area contributed by atoms with Crippen LogP contribution in [0.2, 0.25) is 0 Å². The van der Waals surface area contributed by atoms with Crippen molar-refractivity contribution in [3.63, 3.8) is 0 Å². The lowest BCUT2D eigenvalue weighted by Gasteiger charge is -2.06. The zero-order chi connectivity index (χ0) is 11.7. The van der Waals surface area contributed by atoms with Gasteiger partial charge in [0.25, 0.3) is 0 Å². The van der Waals surface area contributed by atoms with E-state index in [2.05, 4.69) is 45.2 Å². The van der Waals surface area contributed by atoms with E-state index in [1.54, 1.807) is 0 Å². The van der Waals surface area contributed by atoms with Crippen molar-refractivity contribution in [3.05, 3.63) is 65.3 Å². The summed E-state index contributed by atoms with van der Waals surface area (Å²) in [5, 5.41) is 2.38. The molecule has 2 aromatic carbocycles. The van der Waals surface area contributed by atoms with Crippen LogP contribution in [0.4, 0.5) is 0 Å². The number of halogens is 1. The topological polar surface area (TPSA) is 12.9 Å². The van der Waals surface area contributed by atoms with E-state index in [-0.39, 0.29) is 0 Å². The normalized spacial score (nSPS) is 10.6. The molecule has 1 aromatic heterocycles. The molecule has 0 unspecified atom stereocenters. The maximum Gasteiger partial charge on any atom is 0.107 e. The van der Waals surface area contributed by atoms with Crippen molar-refractivity contribution in [3.8, 4) is 11.3 Å². The van der Waals surface area contributed by atoms with Gasteiger partial charge in [0, 0.05) is 10.9 Å². The van der Waals surface area contributed by atoms with Gasteiger partial charge in [-0.15, -0.1) is 0 Å². The zero-order valence-corrected chi connectivity index (χ0v) is 10.7. The fourth-order valence-corrected chi connectivity index (χ4v) is 2.41. The second-order valence-electron chi connectivity index (χ2n) is 3.88. The largest absolute Gasteiger partial charge is 0.240 e. The second kappa shape index (κ2) is 4.30. The molecule has 17 heavy (non-hydrogen) atoms. The number of fused-ring (bicyclic) bond motifs is 1. The first-order valence-corrected chi connectivity index (χ1v) is 6.24. The zero-order valence-electron chi connectivity index (χ0n) is 9.10. The third-order valence-corrected chi connectivity index (χ3v) is 3.16. The first kappa shape index (κ1) is 10.5. The summed E-state index contributed by atoms with van der Waals surface area (Å²) in [6, 6.07) is 20.6. The molecule has 82 valence electrons. The molecule has 0 saturated carbocycles. The maximum atomic E-state index is 4.59. The summed E-state index contributed by atoms with van der Waals surface area (Å²) >= 11 is 3.47. The van der Waals surface area contributed by atoms with Crippen LogP contribution in [0.15, 0.2) is 65.3 Å². The van der Waals surface area contributed by atoms with Gasteiger partial charge in [-0.3, -0.25) is 0 Å². The van der Waals surface area contributed by atoms with Gasteiger partial charge >= 0.3 is 0 Å². The second-order valence-corrected chi connectivity index (χ2v) is 4.69. The van der Waals surface area contributed by atoms with E-state index in [9.17, 15) is 0 Å². The van der Waals surface area contributed by atoms with E-state index in [0.29, 0.717) is 0 Å². The van der Waals surface area contributed by atoms with Crippen LogP contribution in [0.5, 0.6) is 0 Å². The Bertz CT molecular complexity index is 662. The average Bonchev–Trinajstić information content (AvgIpc) is 2.39. The SMILES string of the molecule is Brc1cc2ccccc2c(-c2ccccc2)n1. The molecule has 0 radical (unpaired) electrons. The molecule has 3 aromatic rings. The van der Waals surface area contributed by atoms with Crippen LogP contribution in [-0.2, 0) is 0 Å². The molecule has 0 bridgehead atoms. The fourth-order valence-electron chi connectivity index (χ4n) is 1.98. The predicted octanol–water partition coefficient (Wildman–Crippen LogP) is 4.66. The highest BCUT2D eigenvalue weighted by Crippen LogP contribution is 2.28. The summed E-state index contributed by atoms with van der Waals surface area (Å²) in [6.07, 6.45) is 0. The van der Waals surface area contributed by atoms with Crippen molar-refractivity contribution < 1.29 is 0 Å². The third-order valence-electron chi connectivity index (χ3n) is 2.76. The molecule has 0 atom stereocenters. The first-order chi connectivity index (χ1) is 8.34. The molecule has 1 heterocycles. The van der Waals surface area contributed by atoms with Gasteiger partial charge in [-0.1, -0.05) is 54.6 Å². The molecular weight excluding hydrogens is 274 g/mol. The van der Waals surface area contributed by atoms with Gasteiger partial charge in [0.15, 0.2) is 0 Å². The van der Waals surface area contributed by atoms with Crippen LogP contribution >= 0.6 is 15.9 Å². The Labute approximate surface area is 108 Å². The first-order valence-electron chi connectivity index (χ1n) is 5.45.